The van der Waals surface area contributed by atoms with Crippen LogP contribution >= 0.6 is 11.3 Å². The summed E-state index contributed by atoms with van der Waals surface area (Å²) in [5.41, 5.74) is 6.62. The van der Waals surface area contributed by atoms with Crippen molar-refractivity contribution in [3.05, 3.63) is 29.1 Å². The van der Waals surface area contributed by atoms with Crippen LogP contribution in [0.2, 0.25) is 0 Å². The van der Waals surface area contributed by atoms with Gasteiger partial charge in [0.1, 0.15) is 4.88 Å². The summed E-state index contributed by atoms with van der Waals surface area (Å²) in [5.74, 6) is 0.658. The average molecular weight is 246 g/mol. The first-order valence-corrected chi connectivity index (χ1v) is 6.62. The van der Waals surface area contributed by atoms with E-state index in [-0.39, 0.29) is 5.91 Å². The van der Waals surface area contributed by atoms with Crippen LogP contribution in [0.5, 0.6) is 0 Å². The highest BCUT2D eigenvalue weighted by atomic mass is 32.1. The van der Waals surface area contributed by atoms with Gasteiger partial charge in [-0.05, 0) is 24.8 Å². The van der Waals surface area contributed by atoms with E-state index in [1.807, 2.05) is 24.3 Å². The Morgan fingerprint density at radius 2 is 2.18 bits per heavy atom. The predicted octanol–water partition coefficient (Wildman–Crippen LogP) is 2.62. The summed E-state index contributed by atoms with van der Waals surface area (Å²) in [6.07, 6.45) is 2.48. The molecule has 0 saturated heterocycles. The zero-order chi connectivity index (χ0) is 11.8. The summed E-state index contributed by atoms with van der Waals surface area (Å²) in [5, 5.41) is 3.93. The molecule has 1 fully saturated rings. The minimum absolute atomic E-state index is 0.0319. The second-order valence-electron chi connectivity index (χ2n) is 4.49. The number of hydrogen-bond donors (Lipinski definition) is 2. The molecule has 3 nitrogen and oxygen atoms in total. The number of fused-ring (bicyclic) bond motifs is 1. The standard InChI is InChI=1S/C13H14N2OS/c14-11-9-3-1-2-4-10(9)17-12(11)13(16)15-7-8-5-6-8/h1-4,8H,5-7,14H2,(H,15,16). The molecule has 0 atom stereocenters. The largest absolute Gasteiger partial charge is 0.397 e. The van der Waals surface area contributed by atoms with Gasteiger partial charge in [-0.25, -0.2) is 0 Å². The van der Waals surface area contributed by atoms with Crippen molar-refractivity contribution < 1.29 is 4.79 Å². The monoisotopic (exact) mass is 246 g/mol. The quantitative estimate of drug-likeness (QED) is 0.874. The van der Waals surface area contributed by atoms with Crippen LogP contribution in [0.15, 0.2) is 24.3 Å². The van der Waals surface area contributed by atoms with E-state index in [0.717, 1.165) is 16.6 Å². The zero-order valence-electron chi connectivity index (χ0n) is 9.40. The van der Waals surface area contributed by atoms with Crippen molar-refractivity contribution >= 4 is 33.0 Å². The fraction of sp³-hybridized carbons (Fsp3) is 0.308. The second-order valence-corrected chi connectivity index (χ2v) is 5.55. The topological polar surface area (TPSA) is 55.1 Å². The van der Waals surface area contributed by atoms with Crippen LogP contribution in [-0.2, 0) is 0 Å². The number of nitrogens with one attached hydrogen (secondary N) is 1. The highest BCUT2D eigenvalue weighted by Gasteiger charge is 2.23. The van der Waals surface area contributed by atoms with Crippen LogP contribution < -0.4 is 11.1 Å². The summed E-state index contributed by atoms with van der Waals surface area (Å²) in [6.45, 7) is 0.784. The van der Waals surface area contributed by atoms with E-state index in [2.05, 4.69) is 5.32 Å². The first kappa shape index (κ1) is 10.6. The smallest absolute Gasteiger partial charge is 0.263 e. The van der Waals surface area contributed by atoms with E-state index in [1.165, 1.54) is 24.2 Å². The molecule has 0 radical (unpaired) electrons. The number of anilines is 1. The van der Waals surface area contributed by atoms with Crippen molar-refractivity contribution in [1.29, 1.82) is 0 Å². The maximum atomic E-state index is 12.0. The van der Waals surface area contributed by atoms with Gasteiger partial charge in [0, 0.05) is 16.6 Å². The van der Waals surface area contributed by atoms with E-state index in [4.69, 9.17) is 5.73 Å². The molecule has 1 heterocycles. The van der Waals surface area contributed by atoms with Gasteiger partial charge in [-0.2, -0.15) is 0 Å². The first-order valence-electron chi connectivity index (χ1n) is 5.81. The number of thiophene rings is 1. The van der Waals surface area contributed by atoms with E-state index >= 15 is 0 Å². The predicted molar refractivity (Wildman–Crippen MR) is 71.3 cm³/mol. The van der Waals surface area contributed by atoms with E-state index in [1.54, 1.807) is 0 Å². The van der Waals surface area contributed by atoms with Crippen LogP contribution in [0.1, 0.15) is 22.5 Å². The molecule has 0 spiro atoms. The third-order valence-electron chi connectivity index (χ3n) is 3.09. The number of rotatable bonds is 3. The zero-order valence-corrected chi connectivity index (χ0v) is 10.2. The molecule has 1 aliphatic carbocycles. The molecule has 4 heteroatoms. The van der Waals surface area contributed by atoms with E-state index in [9.17, 15) is 4.79 Å². The summed E-state index contributed by atoms with van der Waals surface area (Å²) >= 11 is 1.47. The Morgan fingerprint density at radius 3 is 2.88 bits per heavy atom. The van der Waals surface area contributed by atoms with Crippen LogP contribution in [0, 0.1) is 5.92 Å². The van der Waals surface area contributed by atoms with Crippen LogP contribution in [0.4, 0.5) is 5.69 Å². The van der Waals surface area contributed by atoms with Crippen molar-refractivity contribution in [3.8, 4) is 0 Å². The number of carbonyl (C=O) groups is 1. The Balaban J connectivity index is 1.87. The maximum Gasteiger partial charge on any atom is 0.263 e. The van der Waals surface area contributed by atoms with Crippen molar-refractivity contribution in [2.45, 2.75) is 12.8 Å². The Labute approximate surface area is 104 Å². The SMILES string of the molecule is Nc1c(C(=O)NCC2CC2)sc2ccccc12. The Kier molecular flexibility index (Phi) is 2.52. The molecule has 1 aliphatic rings. The molecule has 2 aromatic rings. The summed E-state index contributed by atoms with van der Waals surface area (Å²) in [4.78, 5) is 12.6. The Morgan fingerprint density at radius 1 is 1.41 bits per heavy atom. The van der Waals surface area contributed by atoms with Gasteiger partial charge in [0.15, 0.2) is 0 Å². The van der Waals surface area contributed by atoms with Gasteiger partial charge in [0.25, 0.3) is 5.91 Å². The number of amides is 1. The lowest BCUT2D eigenvalue weighted by Gasteiger charge is -2.02. The van der Waals surface area contributed by atoms with Crippen LogP contribution in [0.3, 0.4) is 0 Å². The number of hydrogen-bond acceptors (Lipinski definition) is 3. The number of nitrogen functional groups attached to an aromatic ring is 1. The normalized spacial score (nSPS) is 15.1. The van der Waals surface area contributed by atoms with Gasteiger partial charge in [0.05, 0.1) is 5.69 Å². The second kappa shape index (κ2) is 4.04. The maximum absolute atomic E-state index is 12.0. The minimum atomic E-state index is -0.0319. The van der Waals surface area contributed by atoms with Gasteiger partial charge in [-0.3, -0.25) is 4.79 Å². The fourth-order valence-corrected chi connectivity index (χ4v) is 2.91. The van der Waals surface area contributed by atoms with E-state index in [0.29, 0.717) is 16.5 Å². The molecular weight excluding hydrogens is 232 g/mol. The summed E-state index contributed by atoms with van der Waals surface area (Å²) in [6, 6.07) is 7.86. The van der Waals surface area contributed by atoms with Crippen molar-refractivity contribution in [3.63, 3.8) is 0 Å². The fourth-order valence-electron chi connectivity index (χ4n) is 1.87. The molecule has 0 bridgehead atoms. The lowest BCUT2D eigenvalue weighted by molar-refractivity contribution is 0.0956. The molecule has 3 rings (SSSR count). The first-order chi connectivity index (χ1) is 8.25. The number of benzene rings is 1. The number of nitrogens with two attached hydrogens (primary N) is 1. The van der Waals surface area contributed by atoms with Crippen molar-refractivity contribution in [1.82, 2.24) is 5.32 Å². The van der Waals surface area contributed by atoms with Gasteiger partial charge >= 0.3 is 0 Å². The molecule has 0 unspecified atom stereocenters. The molecular formula is C13H14N2OS. The molecule has 1 aromatic heterocycles. The molecule has 88 valence electrons. The van der Waals surface area contributed by atoms with Crippen LogP contribution in [0.25, 0.3) is 10.1 Å². The third kappa shape index (κ3) is 2.00. The molecule has 1 amide bonds. The summed E-state index contributed by atoms with van der Waals surface area (Å²) in [7, 11) is 0. The van der Waals surface area contributed by atoms with Crippen molar-refractivity contribution in [2.24, 2.45) is 5.92 Å². The minimum Gasteiger partial charge on any atom is -0.397 e. The van der Waals surface area contributed by atoms with Gasteiger partial charge in [-0.15, -0.1) is 11.3 Å². The lowest BCUT2D eigenvalue weighted by Crippen LogP contribution is -2.25. The lowest BCUT2D eigenvalue weighted by atomic mass is 10.2. The highest BCUT2D eigenvalue weighted by molar-refractivity contribution is 7.21. The molecule has 17 heavy (non-hydrogen) atoms. The van der Waals surface area contributed by atoms with Gasteiger partial charge in [0.2, 0.25) is 0 Å². The highest BCUT2D eigenvalue weighted by Crippen LogP contribution is 2.33. The Bertz CT molecular complexity index is 572. The molecule has 0 aliphatic heterocycles. The Hall–Kier alpha value is -1.55. The molecule has 1 aromatic carbocycles. The van der Waals surface area contributed by atoms with Gasteiger partial charge in [-0.1, -0.05) is 18.2 Å². The third-order valence-corrected chi connectivity index (χ3v) is 4.27. The average Bonchev–Trinajstić information content (AvgIpc) is 3.11. The molecule has 3 N–H and O–H groups in total. The van der Waals surface area contributed by atoms with Crippen molar-refractivity contribution in [2.75, 3.05) is 12.3 Å². The molecule has 1 saturated carbocycles. The summed E-state index contributed by atoms with van der Waals surface area (Å²) < 4.78 is 1.07. The van der Waals surface area contributed by atoms with E-state index < -0.39 is 0 Å². The van der Waals surface area contributed by atoms with Crippen LogP contribution in [-0.4, -0.2) is 12.5 Å². The van der Waals surface area contributed by atoms with Gasteiger partial charge < -0.3 is 11.1 Å². The number of carbonyl (C=O) groups excluding carboxylic acids is 1.